The molecule has 2 aromatic heterocycles. The highest BCUT2D eigenvalue weighted by Crippen LogP contribution is 2.29. The molecular formula is C28H22Cl2N4O2. The minimum Gasteiger partial charge on any atom is -0.457 e. The molecule has 0 aliphatic heterocycles. The van der Waals surface area contributed by atoms with Crippen LogP contribution in [0.15, 0.2) is 77.2 Å². The molecule has 36 heavy (non-hydrogen) atoms. The van der Waals surface area contributed by atoms with Crippen LogP contribution in [0.1, 0.15) is 23.8 Å². The fraction of sp³-hybridized carbons (Fsp3) is 0.107. The summed E-state index contributed by atoms with van der Waals surface area (Å²) in [7, 11) is 0. The number of furan rings is 1. The van der Waals surface area contributed by atoms with E-state index in [1.54, 1.807) is 41.2 Å². The third-order valence-electron chi connectivity index (χ3n) is 5.73. The molecule has 2 heterocycles. The van der Waals surface area contributed by atoms with Crippen molar-refractivity contribution in [3.05, 3.63) is 99.7 Å². The van der Waals surface area contributed by atoms with Gasteiger partial charge >= 0.3 is 0 Å². The minimum atomic E-state index is -0.288. The third kappa shape index (κ3) is 5.20. The van der Waals surface area contributed by atoms with Crippen molar-refractivity contribution in [2.45, 2.75) is 20.3 Å². The van der Waals surface area contributed by atoms with E-state index >= 15 is 0 Å². The fourth-order valence-corrected chi connectivity index (χ4v) is 4.33. The number of halogens is 2. The largest absolute Gasteiger partial charge is 0.457 e. The van der Waals surface area contributed by atoms with Gasteiger partial charge in [0.25, 0.3) is 0 Å². The Balaban J connectivity index is 1.31. The van der Waals surface area contributed by atoms with E-state index in [0.29, 0.717) is 32.8 Å². The lowest BCUT2D eigenvalue weighted by molar-refractivity contribution is -0.111. The van der Waals surface area contributed by atoms with Crippen molar-refractivity contribution in [1.82, 2.24) is 15.0 Å². The second-order valence-corrected chi connectivity index (χ2v) is 9.22. The van der Waals surface area contributed by atoms with E-state index < -0.39 is 0 Å². The Morgan fingerprint density at radius 1 is 0.972 bits per heavy atom. The first kappa shape index (κ1) is 23.9. The molecule has 5 aromatic rings. The molecule has 5 rings (SSSR count). The van der Waals surface area contributed by atoms with Gasteiger partial charge in [-0.3, -0.25) is 4.79 Å². The monoisotopic (exact) mass is 516 g/mol. The van der Waals surface area contributed by atoms with Gasteiger partial charge in [-0.1, -0.05) is 42.3 Å². The lowest BCUT2D eigenvalue weighted by Gasteiger charge is -2.05. The van der Waals surface area contributed by atoms with E-state index in [2.05, 4.69) is 34.6 Å². The number of aromatic nitrogens is 3. The van der Waals surface area contributed by atoms with Gasteiger partial charge in [0.2, 0.25) is 5.91 Å². The van der Waals surface area contributed by atoms with E-state index in [9.17, 15) is 4.79 Å². The van der Waals surface area contributed by atoms with Crippen molar-refractivity contribution in [1.29, 1.82) is 0 Å². The van der Waals surface area contributed by atoms with Gasteiger partial charge in [0.05, 0.1) is 5.69 Å². The Morgan fingerprint density at radius 2 is 1.67 bits per heavy atom. The van der Waals surface area contributed by atoms with Crippen LogP contribution in [0.5, 0.6) is 0 Å². The number of nitrogens with one attached hydrogen (secondary N) is 1. The zero-order valence-corrected chi connectivity index (χ0v) is 21.1. The number of carbonyl (C=O) groups excluding carboxylic acids is 1. The molecule has 0 unspecified atom stereocenters. The molecule has 0 fully saturated rings. The van der Waals surface area contributed by atoms with Crippen molar-refractivity contribution in [2.75, 3.05) is 5.32 Å². The number of fused-ring (bicyclic) bond motifs is 1. The Hall–Kier alpha value is -3.87. The highest BCUT2D eigenvalue weighted by Gasteiger charge is 2.11. The molecule has 180 valence electrons. The smallest absolute Gasteiger partial charge is 0.248 e. The summed E-state index contributed by atoms with van der Waals surface area (Å²) in [6, 6.07) is 20.6. The van der Waals surface area contributed by atoms with Gasteiger partial charge in [-0.2, -0.15) is 4.80 Å². The number of anilines is 1. The lowest BCUT2D eigenvalue weighted by atomic mass is 10.1. The molecular weight excluding hydrogens is 495 g/mol. The van der Waals surface area contributed by atoms with E-state index in [0.717, 1.165) is 28.8 Å². The SMILES string of the molecule is CCc1ccc(-n2nc3cc(C)c(NC(=O)/C=C/c4ccc(-c5cc(Cl)cc(Cl)c5)o4)cc3n2)cc1. The maximum absolute atomic E-state index is 12.6. The molecule has 1 N–H and O–H groups in total. The molecule has 0 bridgehead atoms. The first-order valence-corrected chi connectivity index (χ1v) is 12.2. The number of rotatable bonds is 6. The summed E-state index contributed by atoms with van der Waals surface area (Å²) in [6.07, 6.45) is 4.00. The van der Waals surface area contributed by atoms with Crippen LogP contribution in [0.3, 0.4) is 0 Å². The molecule has 8 heteroatoms. The van der Waals surface area contributed by atoms with E-state index in [-0.39, 0.29) is 5.91 Å². The van der Waals surface area contributed by atoms with Crippen LogP contribution in [0.25, 0.3) is 34.1 Å². The molecule has 6 nitrogen and oxygen atoms in total. The average molecular weight is 517 g/mol. The predicted molar refractivity (Wildman–Crippen MR) is 145 cm³/mol. The molecule has 0 atom stereocenters. The molecule has 0 saturated carbocycles. The van der Waals surface area contributed by atoms with E-state index in [1.165, 1.54) is 11.6 Å². The molecule has 0 radical (unpaired) electrons. The maximum Gasteiger partial charge on any atom is 0.248 e. The van der Waals surface area contributed by atoms with Crippen LogP contribution in [-0.4, -0.2) is 20.9 Å². The molecule has 0 aliphatic rings. The second kappa shape index (κ2) is 10.0. The Morgan fingerprint density at radius 3 is 2.36 bits per heavy atom. The summed E-state index contributed by atoms with van der Waals surface area (Å²) in [5.41, 5.74) is 5.89. The molecule has 0 aliphatic carbocycles. The Kier molecular flexibility index (Phi) is 6.63. The summed E-state index contributed by atoms with van der Waals surface area (Å²) in [5, 5.41) is 13.1. The fourth-order valence-electron chi connectivity index (χ4n) is 3.81. The summed E-state index contributed by atoms with van der Waals surface area (Å²) in [6.45, 7) is 4.04. The number of hydrogen-bond acceptors (Lipinski definition) is 4. The van der Waals surface area contributed by atoms with Crippen LogP contribution < -0.4 is 5.32 Å². The van der Waals surface area contributed by atoms with Gasteiger partial charge in [-0.25, -0.2) is 0 Å². The number of amides is 1. The normalized spacial score (nSPS) is 11.4. The topological polar surface area (TPSA) is 73.0 Å². The Labute approximate surface area is 218 Å². The molecule has 0 spiro atoms. The zero-order chi connectivity index (χ0) is 25.2. The number of carbonyl (C=O) groups is 1. The van der Waals surface area contributed by atoms with Gasteiger partial charge in [0.15, 0.2) is 0 Å². The maximum atomic E-state index is 12.6. The quantitative estimate of drug-likeness (QED) is 0.237. The number of aryl methyl sites for hydroxylation is 2. The first-order chi connectivity index (χ1) is 17.4. The van der Waals surface area contributed by atoms with E-state index in [4.69, 9.17) is 27.6 Å². The summed E-state index contributed by atoms with van der Waals surface area (Å²) in [4.78, 5) is 14.2. The first-order valence-electron chi connectivity index (χ1n) is 11.4. The number of hydrogen-bond donors (Lipinski definition) is 1. The Bertz CT molecular complexity index is 1580. The second-order valence-electron chi connectivity index (χ2n) is 8.35. The highest BCUT2D eigenvalue weighted by molar-refractivity contribution is 6.35. The van der Waals surface area contributed by atoms with Gasteiger partial charge in [-0.15, -0.1) is 10.2 Å². The molecule has 0 saturated heterocycles. The van der Waals surface area contributed by atoms with Crippen LogP contribution in [0.2, 0.25) is 10.0 Å². The van der Waals surface area contributed by atoms with Gasteiger partial charge < -0.3 is 9.73 Å². The van der Waals surface area contributed by atoms with E-state index in [1.807, 2.05) is 31.2 Å². The van der Waals surface area contributed by atoms with Crippen molar-refractivity contribution < 1.29 is 9.21 Å². The van der Waals surface area contributed by atoms with Crippen molar-refractivity contribution in [3.63, 3.8) is 0 Å². The van der Waals surface area contributed by atoms with Gasteiger partial charge in [0, 0.05) is 27.4 Å². The summed E-state index contributed by atoms with van der Waals surface area (Å²) in [5.74, 6) is 0.845. The minimum absolute atomic E-state index is 0.288. The zero-order valence-electron chi connectivity index (χ0n) is 19.6. The predicted octanol–water partition coefficient (Wildman–Crippen LogP) is 7.51. The average Bonchev–Trinajstić information content (AvgIpc) is 3.49. The van der Waals surface area contributed by atoms with Gasteiger partial charge in [0.1, 0.15) is 22.6 Å². The lowest BCUT2D eigenvalue weighted by Crippen LogP contribution is -2.08. The molecule has 3 aromatic carbocycles. The standard InChI is InChI=1S/C28H22Cl2N4O2/c1-3-18-4-6-22(7-5-18)34-32-25-12-17(2)24(16-26(25)33-34)31-28(35)11-9-23-8-10-27(36-23)19-13-20(29)15-21(30)14-19/h4-16H,3H2,1-2H3,(H,31,35)/b11-9+. The molecule has 1 amide bonds. The highest BCUT2D eigenvalue weighted by atomic mass is 35.5. The van der Waals surface area contributed by atoms with Crippen LogP contribution >= 0.6 is 23.2 Å². The number of nitrogens with zero attached hydrogens (tertiary/aromatic N) is 3. The third-order valence-corrected chi connectivity index (χ3v) is 6.17. The summed E-state index contributed by atoms with van der Waals surface area (Å²) >= 11 is 12.2. The van der Waals surface area contributed by atoms with Crippen LogP contribution in [0.4, 0.5) is 5.69 Å². The summed E-state index contributed by atoms with van der Waals surface area (Å²) < 4.78 is 5.82. The van der Waals surface area contributed by atoms with Gasteiger partial charge in [-0.05, 0) is 85.1 Å². The van der Waals surface area contributed by atoms with Crippen molar-refractivity contribution in [2.24, 2.45) is 0 Å². The van der Waals surface area contributed by atoms with Crippen LogP contribution in [0, 0.1) is 6.92 Å². The van der Waals surface area contributed by atoms with Crippen LogP contribution in [-0.2, 0) is 11.2 Å². The van der Waals surface area contributed by atoms with Crippen molar-refractivity contribution in [3.8, 4) is 17.0 Å². The number of benzene rings is 3. The van der Waals surface area contributed by atoms with Crippen molar-refractivity contribution >= 4 is 51.9 Å².